The van der Waals surface area contributed by atoms with Crippen molar-refractivity contribution in [2.45, 2.75) is 12.8 Å². The third-order valence-corrected chi connectivity index (χ3v) is 3.59. The van der Waals surface area contributed by atoms with Gasteiger partial charge in [0.15, 0.2) is 11.5 Å². The maximum atomic E-state index is 5.88. The van der Waals surface area contributed by atoms with E-state index >= 15 is 0 Å². The van der Waals surface area contributed by atoms with Crippen LogP contribution in [0, 0.1) is 5.92 Å². The van der Waals surface area contributed by atoms with Crippen molar-refractivity contribution in [1.82, 2.24) is 4.98 Å². The Morgan fingerprint density at radius 2 is 2.30 bits per heavy atom. The molecule has 0 amide bonds. The van der Waals surface area contributed by atoms with E-state index in [-0.39, 0.29) is 0 Å². The fourth-order valence-electron chi connectivity index (χ4n) is 2.65. The second-order valence-electron chi connectivity index (χ2n) is 5.11. The molecule has 1 atom stereocenters. The van der Waals surface area contributed by atoms with Crippen LogP contribution in [0.25, 0.3) is 0 Å². The zero-order chi connectivity index (χ0) is 13.9. The molecule has 0 fully saturated rings. The van der Waals surface area contributed by atoms with Crippen LogP contribution in [0.4, 0.5) is 5.69 Å². The van der Waals surface area contributed by atoms with Crippen LogP contribution in [0.2, 0.25) is 0 Å². The molecular formula is C16H18N2O2. The van der Waals surface area contributed by atoms with Gasteiger partial charge in [0.1, 0.15) is 0 Å². The molecule has 0 aliphatic carbocycles. The van der Waals surface area contributed by atoms with Crippen molar-refractivity contribution in [2.24, 2.45) is 5.92 Å². The Morgan fingerprint density at radius 1 is 1.40 bits per heavy atom. The molecule has 0 unspecified atom stereocenters. The summed E-state index contributed by atoms with van der Waals surface area (Å²) in [7, 11) is 1.67. The smallest absolute Gasteiger partial charge is 0.164 e. The molecule has 4 nitrogen and oxygen atoms in total. The molecule has 0 spiro atoms. The van der Waals surface area contributed by atoms with E-state index in [1.54, 1.807) is 19.4 Å². The summed E-state index contributed by atoms with van der Waals surface area (Å²) in [6.45, 7) is 0.684. The lowest BCUT2D eigenvalue weighted by atomic mass is 9.92. The van der Waals surface area contributed by atoms with Crippen molar-refractivity contribution in [3.05, 3.63) is 47.8 Å². The Bertz CT molecular complexity index is 613. The second kappa shape index (κ2) is 5.41. The third kappa shape index (κ3) is 2.54. The van der Waals surface area contributed by atoms with Crippen molar-refractivity contribution in [2.75, 3.05) is 19.5 Å². The first kappa shape index (κ1) is 12.8. The number of rotatable bonds is 3. The summed E-state index contributed by atoms with van der Waals surface area (Å²) in [5.41, 5.74) is 8.77. The largest absolute Gasteiger partial charge is 0.493 e. The normalized spacial score (nSPS) is 17.1. The zero-order valence-corrected chi connectivity index (χ0v) is 11.5. The lowest BCUT2D eigenvalue weighted by Gasteiger charge is -2.26. The highest BCUT2D eigenvalue weighted by Gasteiger charge is 2.23. The van der Waals surface area contributed by atoms with Crippen LogP contribution in [0.1, 0.15) is 11.3 Å². The van der Waals surface area contributed by atoms with E-state index in [2.05, 4.69) is 11.1 Å². The van der Waals surface area contributed by atoms with Crippen molar-refractivity contribution >= 4 is 5.69 Å². The molecule has 2 N–H and O–H groups in total. The molecule has 104 valence electrons. The highest BCUT2D eigenvalue weighted by molar-refractivity contribution is 5.48. The number of aromatic nitrogens is 1. The van der Waals surface area contributed by atoms with Crippen LogP contribution >= 0.6 is 0 Å². The third-order valence-electron chi connectivity index (χ3n) is 3.59. The van der Waals surface area contributed by atoms with Gasteiger partial charge < -0.3 is 15.2 Å². The van der Waals surface area contributed by atoms with Crippen molar-refractivity contribution in [3.63, 3.8) is 0 Å². The van der Waals surface area contributed by atoms with Crippen LogP contribution in [-0.4, -0.2) is 18.7 Å². The Kier molecular flexibility index (Phi) is 3.46. The molecule has 1 aliphatic heterocycles. The van der Waals surface area contributed by atoms with Gasteiger partial charge in [-0.3, -0.25) is 4.98 Å². The van der Waals surface area contributed by atoms with Crippen LogP contribution in [0.3, 0.4) is 0 Å². The summed E-state index contributed by atoms with van der Waals surface area (Å²) in [5, 5.41) is 0. The average molecular weight is 270 g/mol. The molecule has 4 heteroatoms. The highest BCUT2D eigenvalue weighted by Crippen LogP contribution is 2.36. The van der Waals surface area contributed by atoms with E-state index < -0.39 is 0 Å². The monoisotopic (exact) mass is 270 g/mol. The lowest BCUT2D eigenvalue weighted by Crippen LogP contribution is -2.23. The fraction of sp³-hybridized carbons (Fsp3) is 0.312. The van der Waals surface area contributed by atoms with Crippen LogP contribution in [-0.2, 0) is 12.8 Å². The van der Waals surface area contributed by atoms with Gasteiger partial charge in [0.2, 0.25) is 0 Å². The Morgan fingerprint density at radius 3 is 3.10 bits per heavy atom. The summed E-state index contributed by atoms with van der Waals surface area (Å²) >= 11 is 0. The number of nitrogens with zero attached hydrogens (tertiary/aromatic N) is 1. The van der Waals surface area contributed by atoms with E-state index in [9.17, 15) is 0 Å². The zero-order valence-electron chi connectivity index (χ0n) is 11.5. The summed E-state index contributed by atoms with van der Waals surface area (Å²) in [5.74, 6) is 2.11. The van der Waals surface area contributed by atoms with Crippen molar-refractivity contribution in [1.29, 1.82) is 0 Å². The number of hydrogen-bond donors (Lipinski definition) is 1. The van der Waals surface area contributed by atoms with Gasteiger partial charge in [-0.2, -0.15) is 0 Å². The van der Waals surface area contributed by atoms with Crippen LogP contribution in [0.5, 0.6) is 11.5 Å². The standard InChI is InChI=1S/C16H18N2O2/c1-19-15-4-2-3-12-7-11(10-20-16(12)15)8-14-9-13(17)5-6-18-14/h2-6,9,11H,7-8,10H2,1H3,(H2,17,18)/t11-/m0/s1. The summed E-state index contributed by atoms with van der Waals surface area (Å²) < 4.78 is 11.2. The average Bonchev–Trinajstić information content (AvgIpc) is 2.46. The van der Waals surface area contributed by atoms with Crippen molar-refractivity contribution < 1.29 is 9.47 Å². The van der Waals surface area contributed by atoms with E-state index in [4.69, 9.17) is 15.2 Å². The number of hydrogen-bond acceptors (Lipinski definition) is 4. The van der Waals surface area contributed by atoms with Gasteiger partial charge in [-0.05, 0) is 36.6 Å². The first-order chi connectivity index (χ1) is 9.76. The van der Waals surface area contributed by atoms with Gasteiger partial charge in [0, 0.05) is 23.5 Å². The molecule has 0 radical (unpaired) electrons. The fourth-order valence-corrected chi connectivity index (χ4v) is 2.65. The number of nitrogen functional groups attached to an aromatic ring is 1. The van der Waals surface area contributed by atoms with E-state index in [0.717, 1.165) is 35.7 Å². The quantitative estimate of drug-likeness (QED) is 0.930. The molecular weight excluding hydrogens is 252 g/mol. The minimum atomic E-state index is 0.420. The van der Waals surface area contributed by atoms with Gasteiger partial charge >= 0.3 is 0 Å². The Labute approximate surface area is 118 Å². The molecule has 2 aromatic rings. The van der Waals surface area contributed by atoms with Crippen molar-refractivity contribution in [3.8, 4) is 11.5 Å². The molecule has 1 aromatic heterocycles. The van der Waals surface area contributed by atoms with Gasteiger partial charge in [0.05, 0.1) is 13.7 Å². The van der Waals surface area contributed by atoms with E-state index in [1.165, 1.54) is 5.56 Å². The number of methoxy groups -OCH3 is 1. The Hall–Kier alpha value is -2.23. The molecule has 1 aliphatic rings. The maximum absolute atomic E-state index is 5.88. The second-order valence-corrected chi connectivity index (χ2v) is 5.11. The number of anilines is 1. The van der Waals surface area contributed by atoms with Crippen LogP contribution in [0.15, 0.2) is 36.5 Å². The van der Waals surface area contributed by atoms with Crippen LogP contribution < -0.4 is 15.2 Å². The van der Waals surface area contributed by atoms with E-state index in [1.807, 2.05) is 18.2 Å². The molecule has 1 aromatic carbocycles. The number of para-hydroxylation sites is 1. The number of pyridine rings is 1. The predicted molar refractivity (Wildman–Crippen MR) is 78.0 cm³/mol. The first-order valence-electron chi connectivity index (χ1n) is 6.75. The van der Waals surface area contributed by atoms with Gasteiger partial charge in [-0.1, -0.05) is 12.1 Å². The summed E-state index contributed by atoms with van der Waals surface area (Å²) in [6, 6.07) is 9.76. The topological polar surface area (TPSA) is 57.4 Å². The minimum absolute atomic E-state index is 0.420. The molecule has 0 saturated carbocycles. The number of benzene rings is 1. The minimum Gasteiger partial charge on any atom is -0.493 e. The number of nitrogens with two attached hydrogens (primary N) is 1. The number of ether oxygens (including phenoxy) is 2. The van der Waals surface area contributed by atoms with Gasteiger partial charge in [-0.25, -0.2) is 0 Å². The maximum Gasteiger partial charge on any atom is 0.164 e. The summed E-state index contributed by atoms with van der Waals surface area (Å²) in [6.07, 6.45) is 3.61. The van der Waals surface area contributed by atoms with E-state index in [0.29, 0.717) is 12.5 Å². The molecule has 0 bridgehead atoms. The Balaban J connectivity index is 1.76. The number of fused-ring (bicyclic) bond motifs is 1. The molecule has 0 saturated heterocycles. The molecule has 2 heterocycles. The summed E-state index contributed by atoms with van der Waals surface area (Å²) in [4.78, 5) is 4.36. The lowest BCUT2D eigenvalue weighted by molar-refractivity contribution is 0.210. The predicted octanol–water partition coefficient (Wildman–Crippen LogP) is 2.47. The molecule has 3 rings (SSSR count). The van der Waals surface area contributed by atoms with Gasteiger partial charge in [0.25, 0.3) is 0 Å². The first-order valence-corrected chi connectivity index (χ1v) is 6.75. The SMILES string of the molecule is COc1cccc2c1OC[C@H](Cc1cc(N)ccn1)C2. The molecule has 20 heavy (non-hydrogen) atoms. The highest BCUT2D eigenvalue weighted by atomic mass is 16.5. The van der Waals surface area contributed by atoms with Gasteiger partial charge in [-0.15, -0.1) is 0 Å².